The number of rotatable bonds is 4. The third-order valence-electron chi connectivity index (χ3n) is 2.27. The van der Waals surface area contributed by atoms with Gasteiger partial charge in [-0.3, -0.25) is 14.9 Å². The molecule has 1 rings (SSSR count). The Bertz CT molecular complexity index is 488. The SMILES string of the molecule is CC(C)(CO)NC(=O)c1cccc([N+](=O)[O-])c1Br. The highest BCUT2D eigenvalue weighted by molar-refractivity contribution is 9.10. The van der Waals surface area contributed by atoms with E-state index >= 15 is 0 Å². The van der Waals surface area contributed by atoms with E-state index in [1.54, 1.807) is 13.8 Å². The van der Waals surface area contributed by atoms with Gasteiger partial charge in [-0.25, -0.2) is 0 Å². The van der Waals surface area contributed by atoms with Crippen LogP contribution in [-0.2, 0) is 0 Å². The van der Waals surface area contributed by atoms with Crippen molar-refractivity contribution in [3.63, 3.8) is 0 Å². The van der Waals surface area contributed by atoms with Gasteiger partial charge in [-0.2, -0.15) is 0 Å². The van der Waals surface area contributed by atoms with E-state index in [1.807, 2.05) is 0 Å². The summed E-state index contributed by atoms with van der Waals surface area (Å²) in [4.78, 5) is 22.1. The van der Waals surface area contributed by atoms with Crippen molar-refractivity contribution in [2.75, 3.05) is 6.61 Å². The first-order valence-corrected chi connectivity index (χ1v) is 5.94. The zero-order valence-electron chi connectivity index (χ0n) is 9.94. The standard InChI is InChI=1S/C11H13BrN2O4/c1-11(2,6-15)13-10(16)7-4-3-5-8(9(7)12)14(17)18/h3-5,15H,6H2,1-2H3,(H,13,16). The minimum Gasteiger partial charge on any atom is -0.394 e. The third kappa shape index (κ3) is 3.27. The molecule has 0 radical (unpaired) electrons. The lowest BCUT2D eigenvalue weighted by molar-refractivity contribution is -0.385. The molecule has 0 unspecified atom stereocenters. The molecule has 0 fully saturated rings. The first kappa shape index (κ1) is 14.6. The molecule has 0 bridgehead atoms. The van der Waals surface area contributed by atoms with E-state index in [4.69, 9.17) is 5.11 Å². The Morgan fingerprint density at radius 2 is 2.17 bits per heavy atom. The molecule has 0 aromatic heterocycles. The Morgan fingerprint density at radius 3 is 2.67 bits per heavy atom. The molecule has 2 N–H and O–H groups in total. The van der Waals surface area contributed by atoms with E-state index < -0.39 is 16.4 Å². The molecule has 0 spiro atoms. The lowest BCUT2D eigenvalue weighted by atomic mass is 10.1. The van der Waals surface area contributed by atoms with Gasteiger partial charge in [0.1, 0.15) is 4.47 Å². The molecule has 18 heavy (non-hydrogen) atoms. The number of carbonyl (C=O) groups excluding carboxylic acids is 1. The molecule has 6 nitrogen and oxygen atoms in total. The summed E-state index contributed by atoms with van der Waals surface area (Å²) >= 11 is 3.05. The van der Waals surface area contributed by atoms with Crippen molar-refractivity contribution in [1.82, 2.24) is 5.32 Å². The second-order valence-corrected chi connectivity index (χ2v) is 5.18. The van der Waals surface area contributed by atoms with Crippen molar-refractivity contribution in [2.45, 2.75) is 19.4 Å². The van der Waals surface area contributed by atoms with Crippen LogP contribution in [0, 0.1) is 10.1 Å². The maximum atomic E-state index is 11.9. The van der Waals surface area contributed by atoms with Crippen LogP contribution in [0.2, 0.25) is 0 Å². The largest absolute Gasteiger partial charge is 0.394 e. The summed E-state index contributed by atoms with van der Waals surface area (Å²) in [5.41, 5.74) is -0.809. The minimum absolute atomic E-state index is 0.126. The second-order valence-electron chi connectivity index (χ2n) is 4.39. The quantitative estimate of drug-likeness (QED) is 0.655. The first-order chi connectivity index (χ1) is 8.28. The Labute approximate surface area is 112 Å². The number of hydrogen-bond acceptors (Lipinski definition) is 4. The highest BCUT2D eigenvalue weighted by Crippen LogP contribution is 2.28. The maximum Gasteiger partial charge on any atom is 0.284 e. The number of aliphatic hydroxyl groups excluding tert-OH is 1. The zero-order chi connectivity index (χ0) is 13.9. The number of benzene rings is 1. The van der Waals surface area contributed by atoms with Crippen molar-refractivity contribution in [3.05, 3.63) is 38.3 Å². The van der Waals surface area contributed by atoms with Gasteiger partial charge in [-0.15, -0.1) is 0 Å². The van der Waals surface area contributed by atoms with Gasteiger partial charge in [0.25, 0.3) is 11.6 Å². The average Bonchev–Trinajstić information content (AvgIpc) is 2.28. The Hall–Kier alpha value is -1.47. The molecule has 0 aliphatic rings. The molecule has 0 aliphatic heterocycles. The first-order valence-electron chi connectivity index (χ1n) is 5.15. The molecule has 98 valence electrons. The summed E-state index contributed by atoms with van der Waals surface area (Å²) in [6.45, 7) is 3.07. The number of nitro benzene ring substituents is 1. The smallest absolute Gasteiger partial charge is 0.284 e. The van der Waals surface area contributed by atoms with Gasteiger partial charge >= 0.3 is 0 Å². The van der Waals surface area contributed by atoms with E-state index in [0.29, 0.717) is 0 Å². The molecular weight excluding hydrogens is 304 g/mol. The molecule has 0 saturated heterocycles. The minimum atomic E-state index is -0.791. The summed E-state index contributed by atoms with van der Waals surface area (Å²) in [7, 11) is 0. The van der Waals surface area contributed by atoms with E-state index in [-0.39, 0.29) is 22.3 Å². The van der Waals surface area contributed by atoms with E-state index in [1.165, 1.54) is 18.2 Å². The van der Waals surface area contributed by atoms with Gasteiger partial charge in [0.2, 0.25) is 0 Å². The topological polar surface area (TPSA) is 92.5 Å². The second kappa shape index (κ2) is 5.45. The molecule has 1 aromatic rings. The summed E-state index contributed by atoms with van der Waals surface area (Å²) in [5, 5.41) is 22.4. The fourth-order valence-corrected chi connectivity index (χ4v) is 1.84. The van der Waals surface area contributed by atoms with Gasteiger partial charge < -0.3 is 10.4 Å². The summed E-state index contributed by atoms with van der Waals surface area (Å²) < 4.78 is 0.126. The molecule has 1 amide bonds. The van der Waals surface area contributed by atoms with Crippen LogP contribution in [0.3, 0.4) is 0 Å². The molecule has 0 saturated carbocycles. The third-order valence-corrected chi connectivity index (χ3v) is 3.10. The average molecular weight is 317 g/mol. The normalized spacial score (nSPS) is 11.1. The monoisotopic (exact) mass is 316 g/mol. The number of amides is 1. The van der Waals surface area contributed by atoms with Gasteiger partial charge in [0.15, 0.2) is 0 Å². The van der Waals surface area contributed by atoms with Crippen LogP contribution in [0.4, 0.5) is 5.69 Å². The Balaban J connectivity index is 3.08. The highest BCUT2D eigenvalue weighted by Gasteiger charge is 2.24. The lowest BCUT2D eigenvalue weighted by Gasteiger charge is -2.23. The molecule has 7 heteroatoms. The highest BCUT2D eigenvalue weighted by atomic mass is 79.9. The molecule has 1 aromatic carbocycles. The number of nitro groups is 1. The van der Waals surface area contributed by atoms with Crippen LogP contribution < -0.4 is 5.32 Å². The van der Waals surface area contributed by atoms with E-state index in [0.717, 1.165) is 0 Å². The van der Waals surface area contributed by atoms with Gasteiger partial charge in [0.05, 0.1) is 22.6 Å². The summed E-state index contributed by atoms with van der Waals surface area (Å²) in [6, 6.07) is 4.21. The van der Waals surface area contributed by atoms with E-state index in [9.17, 15) is 14.9 Å². The molecule has 0 heterocycles. The lowest BCUT2D eigenvalue weighted by Crippen LogP contribution is -2.46. The number of aliphatic hydroxyl groups is 1. The van der Waals surface area contributed by atoms with Crippen LogP contribution in [0.5, 0.6) is 0 Å². The Kier molecular flexibility index (Phi) is 4.42. The van der Waals surface area contributed by atoms with Gasteiger partial charge in [0, 0.05) is 6.07 Å². The van der Waals surface area contributed by atoms with Crippen LogP contribution in [0.15, 0.2) is 22.7 Å². The number of carbonyl (C=O) groups is 1. The van der Waals surface area contributed by atoms with Crippen LogP contribution in [0.1, 0.15) is 24.2 Å². The molecular formula is C11H13BrN2O4. The Morgan fingerprint density at radius 1 is 1.56 bits per heavy atom. The summed E-state index contributed by atoms with van der Waals surface area (Å²) in [6.07, 6.45) is 0. The number of nitrogens with zero attached hydrogens (tertiary/aromatic N) is 1. The van der Waals surface area contributed by atoms with Crippen LogP contribution in [0.25, 0.3) is 0 Å². The predicted molar refractivity (Wildman–Crippen MR) is 69.4 cm³/mol. The fraction of sp³-hybridized carbons (Fsp3) is 0.364. The molecule has 0 atom stereocenters. The van der Waals surface area contributed by atoms with Crippen molar-refractivity contribution < 1.29 is 14.8 Å². The number of nitrogens with one attached hydrogen (secondary N) is 1. The zero-order valence-corrected chi connectivity index (χ0v) is 11.5. The van der Waals surface area contributed by atoms with Crippen molar-refractivity contribution in [1.29, 1.82) is 0 Å². The summed E-state index contributed by atoms with van der Waals surface area (Å²) in [5.74, 6) is -0.482. The maximum absolute atomic E-state index is 11.9. The van der Waals surface area contributed by atoms with Crippen LogP contribution in [-0.4, -0.2) is 28.1 Å². The number of halogens is 1. The van der Waals surface area contributed by atoms with Gasteiger partial charge in [-0.1, -0.05) is 6.07 Å². The predicted octanol–water partition coefficient (Wildman–Crippen LogP) is 1.86. The fourth-order valence-electron chi connectivity index (χ4n) is 1.25. The van der Waals surface area contributed by atoms with Crippen LogP contribution >= 0.6 is 15.9 Å². The van der Waals surface area contributed by atoms with Crippen molar-refractivity contribution in [3.8, 4) is 0 Å². The molecule has 0 aliphatic carbocycles. The van der Waals surface area contributed by atoms with Crippen molar-refractivity contribution >= 4 is 27.5 Å². The van der Waals surface area contributed by atoms with Gasteiger partial charge in [-0.05, 0) is 35.8 Å². The number of hydrogen-bond donors (Lipinski definition) is 2. The van der Waals surface area contributed by atoms with Crippen molar-refractivity contribution in [2.24, 2.45) is 0 Å². The van der Waals surface area contributed by atoms with E-state index in [2.05, 4.69) is 21.2 Å².